The lowest BCUT2D eigenvalue weighted by atomic mass is 10.1. The molecule has 3 amide bonds. The van der Waals surface area contributed by atoms with Crippen molar-refractivity contribution in [2.75, 3.05) is 23.3 Å². The summed E-state index contributed by atoms with van der Waals surface area (Å²) in [7, 11) is 1.89. The molecule has 2 heterocycles. The predicted octanol–water partition coefficient (Wildman–Crippen LogP) is 2.75. The van der Waals surface area contributed by atoms with E-state index >= 15 is 0 Å². The zero-order valence-corrected chi connectivity index (χ0v) is 15.9. The molecule has 3 aromatic rings. The number of aromatic nitrogens is 3. The lowest BCUT2D eigenvalue weighted by molar-refractivity contribution is 0.102. The number of benzene rings is 2. The van der Waals surface area contributed by atoms with Crippen LogP contribution in [0.4, 0.5) is 16.2 Å². The fraction of sp³-hybridized carbons (Fsp3) is 0.158. The van der Waals surface area contributed by atoms with Gasteiger partial charge in [0.25, 0.3) is 5.91 Å². The minimum absolute atomic E-state index is 0.145. The van der Waals surface area contributed by atoms with E-state index in [-0.39, 0.29) is 11.9 Å². The summed E-state index contributed by atoms with van der Waals surface area (Å²) in [6.07, 6.45) is 1.65. The second-order valence-electron chi connectivity index (χ2n) is 6.24. The zero-order valence-electron chi connectivity index (χ0n) is 15.1. The van der Waals surface area contributed by atoms with Crippen molar-refractivity contribution >= 4 is 35.1 Å². The first kappa shape index (κ1) is 18.1. The van der Waals surface area contributed by atoms with E-state index in [4.69, 9.17) is 0 Å². The Hall–Kier alpha value is -3.33. The Bertz CT molecular complexity index is 1020. The lowest BCUT2D eigenvalue weighted by Crippen LogP contribution is -2.27. The molecule has 2 N–H and O–H groups in total. The van der Waals surface area contributed by atoms with Gasteiger partial charge >= 0.3 is 6.03 Å². The van der Waals surface area contributed by atoms with Gasteiger partial charge in [0, 0.05) is 42.0 Å². The maximum atomic E-state index is 12.6. The van der Waals surface area contributed by atoms with E-state index in [2.05, 4.69) is 20.8 Å². The monoisotopic (exact) mass is 394 g/mol. The van der Waals surface area contributed by atoms with E-state index in [9.17, 15) is 9.59 Å². The highest BCUT2D eigenvalue weighted by molar-refractivity contribution is 7.99. The van der Waals surface area contributed by atoms with Gasteiger partial charge in [0.1, 0.15) is 6.33 Å². The number of hydrogen-bond acceptors (Lipinski definition) is 5. The molecule has 4 rings (SSSR count). The predicted molar refractivity (Wildman–Crippen MR) is 107 cm³/mol. The van der Waals surface area contributed by atoms with Crippen molar-refractivity contribution < 1.29 is 9.59 Å². The number of hydrogen-bond donors (Lipinski definition) is 2. The Labute approximate surface area is 165 Å². The van der Waals surface area contributed by atoms with Gasteiger partial charge in [0.05, 0.1) is 0 Å². The summed E-state index contributed by atoms with van der Waals surface area (Å²) >= 11 is 1.49. The van der Waals surface area contributed by atoms with Crippen LogP contribution in [0, 0.1) is 0 Å². The minimum atomic E-state index is -0.227. The van der Waals surface area contributed by atoms with Crippen LogP contribution in [0.5, 0.6) is 0 Å². The average Bonchev–Trinajstić information content (AvgIpc) is 3.31. The van der Waals surface area contributed by atoms with Crippen LogP contribution in [0.1, 0.15) is 10.4 Å². The van der Waals surface area contributed by atoms with Crippen LogP contribution >= 0.6 is 11.8 Å². The van der Waals surface area contributed by atoms with E-state index in [1.807, 2.05) is 41.9 Å². The van der Waals surface area contributed by atoms with Gasteiger partial charge in [-0.2, -0.15) is 0 Å². The molecule has 0 radical (unpaired) electrons. The summed E-state index contributed by atoms with van der Waals surface area (Å²) in [6, 6.07) is 14.4. The highest BCUT2D eigenvalue weighted by Crippen LogP contribution is 2.26. The largest absolute Gasteiger partial charge is 0.336 e. The molecule has 9 heteroatoms. The van der Waals surface area contributed by atoms with Gasteiger partial charge in [-0.1, -0.05) is 6.07 Å². The number of amides is 3. The number of carbonyl (C=O) groups is 2. The van der Waals surface area contributed by atoms with E-state index in [1.54, 1.807) is 29.4 Å². The quantitative estimate of drug-likeness (QED) is 0.694. The Morgan fingerprint density at radius 2 is 2.04 bits per heavy atom. The molecule has 0 unspecified atom stereocenters. The molecular formula is C19H18N6O2S. The third-order valence-electron chi connectivity index (χ3n) is 4.27. The number of nitrogens with zero attached hydrogens (tertiary/aromatic N) is 4. The molecule has 0 atom stereocenters. The minimum Gasteiger partial charge on any atom is -0.336 e. The van der Waals surface area contributed by atoms with Crippen LogP contribution in [0.3, 0.4) is 0 Å². The highest BCUT2D eigenvalue weighted by Gasteiger charge is 2.21. The fourth-order valence-electron chi connectivity index (χ4n) is 2.81. The number of anilines is 2. The number of nitrogens with one attached hydrogen (secondary N) is 2. The van der Waals surface area contributed by atoms with Gasteiger partial charge in [-0.3, -0.25) is 9.69 Å². The number of carbonyl (C=O) groups excluding carboxylic acids is 2. The zero-order chi connectivity index (χ0) is 19.5. The third-order valence-corrected chi connectivity index (χ3v) is 5.33. The molecule has 142 valence electrons. The third kappa shape index (κ3) is 3.84. The van der Waals surface area contributed by atoms with Crippen molar-refractivity contribution in [2.24, 2.45) is 7.05 Å². The summed E-state index contributed by atoms with van der Waals surface area (Å²) in [5.41, 5.74) is 1.89. The SMILES string of the molecule is Cn1cnnc1Sc1ccc(NC(=O)c2cccc(N3CCNC3=O)c2)cc1. The van der Waals surface area contributed by atoms with Crippen molar-refractivity contribution in [3.05, 3.63) is 60.4 Å². The maximum Gasteiger partial charge on any atom is 0.321 e. The Kier molecular flexibility index (Phi) is 4.98. The summed E-state index contributed by atoms with van der Waals surface area (Å²) in [5.74, 6) is -0.227. The van der Waals surface area contributed by atoms with Crippen LogP contribution in [-0.2, 0) is 7.05 Å². The molecule has 1 aliphatic rings. The van der Waals surface area contributed by atoms with Crippen molar-refractivity contribution in [1.29, 1.82) is 0 Å². The molecule has 1 aromatic heterocycles. The Morgan fingerprint density at radius 1 is 1.21 bits per heavy atom. The Balaban J connectivity index is 1.43. The molecule has 1 fully saturated rings. The van der Waals surface area contributed by atoms with E-state index < -0.39 is 0 Å². The molecule has 0 aliphatic carbocycles. The normalized spacial score (nSPS) is 13.5. The molecule has 0 bridgehead atoms. The standard InChI is InChI=1S/C19H18N6O2S/c1-24-12-21-23-19(24)28-16-7-5-14(6-8-16)22-17(26)13-3-2-4-15(11-13)25-10-9-20-18(25)27/h2-8,11-12H,9-10H2,1H3,(H,20,27)(H,22,26). The van der Waals surface area contributed by atoms with Gasteiger partial charge in [0.2, 0.25) is 0 Å². The Morgan fingerprint density at radius 3 is 2.71 bits per heavy atom. The number of aryl methyl sites for hydroxylation is 1. The first-order valence-electron chi connectivity index (χ1n) is 8.69. The van der Waals surface area contributed by atoms with Crippen LogP contribution in [-0.4, -0.2) is 39.8 Å². The molecule has 2 aromatic carbocycles. The molecule has 8 nitrogen and oxygen atoms in total. The van der Waals surface area contributed by atoms with Gasteiger partial charge in [-0.05, 0) is 54.2 Å². The van der Waals surface area contributed by atoms with Gasteiger partial charge < -0.3 is 15.2 Å². The van der Waals surface area contributed by atoms with Crippen LogP contribution in [0.15, 0.2) is 64.9 Å². The van der Waals surface area contributed by atoms with Crippen molar-refractivity contribution in [2.45, 2.75) is 10.1 Å². The lowest BCUT2D eigenvalue weighted by Gasteiger charge is -2.15. The van der Waals surface area contributed by atoms with Crippen LogP contribution in [0.25, 0.3) is 0 Å². The summed E-state index contributed by atoms with van der Waals surface area (Å²) in [5, 5.41) is 14.3. The van der Waals surface area contributed by atoms with Gasteiger partial charge in [0.15, 0.2) is 5.16 Å². The van der Waals surface area contributed by atoms with E-state index in [0.29, 0.717) is 30.0 Å². The topological polar surface area (TPSA) is 92.2 Å². The van der Waals surface area contributed by atoms with Crippen molar-refractivity contribution in [1.82, 2.24) is 20.1 Å². The van der Waals surface area contributed by atoms with Crippen molar-refractivity contribution in [3.8, 4) is 0 Å². The molecule has 28 heavy (non-hydrogen) atoms. The summed E-state index contributed by atoms with van der Waals surface area (Å²) in [4.78, 5) is 27.0. The number of urea groups is 1. The van der Waals surface area contributed by atoms with E-state index in [0.717, 1.165) is 10.1 Å². The second kappa shape index (κ2) is 7.73. The van der Waals surface area contributed by atoms with E-state index in [1.165, 1.54) is 11.8 Å². The summed E-state index contributed by atoms with van der Waals surface area (Å²) in [6.45, 7) is 1.20. The fourth-order valence-corrected chi connectivity index (χ4v) is 3.58. The molecule has 0 saturated carbocycles. The molecule has 1 saturated heterocycles. The summed E-state index contributed by atoms with van der Waals surface area (Å²) < 4.78 is 1.84. The second-order valence-corrected chi connectivity index (χ2v) is 7.28. The van der Waals surface area contributed by atoms with Gasteiger partial charge in [-0.15, -0.1) is 10.2 Å². The average molecular weight is 394 g/mol. The molecule has 1 aliphatic heterocycles. The first-order chi connectivity index (χ1) is 13.6. The molecular weight excluding hydrogens is 376 g/mol. The molecule has 0 spiro atoms. The van der Waals surface area contributed by atoms with Crippen LogP contribution in [0.2, 0.25) is 0 Å². The highest BCUT2D eigenvalue weighted by atomic mass is 32.2. The first-order valence-corrected chi connectivity index (χ1v) is 9.50. The smallest absolute Gasteiger partial charge is 0.321 e. The van der Waals surface area contributed by atoms with Crippen molar-refractivity contribution in [3.63, 3.8) is 0 Å². The van der Waals surface area contributed by atoms with Gasteiger partial charge in [-0.25, -0.2) is 4.79 Å². The van der Waals surface area contributed by atoms with Crippen LogP contribution < -0.4 is 15.5 Å². The maximum absolute atomic E-state index is 12.6. The number of rotatable bonds is 5.